The number of allylic oxidation sites excluding steroid dienone is 1. The number of thiazole rings is 1. The summed E-state index contributed by atoms with van der Waals surface area (Å²) in [6, 6.07) is 12.9. The zero-order valence-electron chi connectivity index (χ0n) is 20.9. The summed E-state index contributed by atoms with van der Waals surface area (Å²) in [5.41, 5.74) is 2.36. The summed E-state index contributed by atoms with van der Waals surface area (Å²) in [4.78, 5) is 58.3. The highest BCUT2D eigenvalue weighted by Gasteiger charge is 2.36. The van der Waals surface area contributed by atoms with Crippen LogP contribution in [0.2, 0.25) is 0 Å². The third kappa shape index (κ3) is 3.99. The van der Waals surface area contributed by atoms with Crippen molar-refractivity contribution in [3.8, 4) is 5.75 Å². The van der Waals surface area contributed by atoms with Crippen LogP contribution < -0.4 is 24.5 Å². The molecule has 38 heavy (non-hydrogen) atoms. The Morgan fingerprint density at radius 3 is 2.50 bits per heavy atom. The number of fused-ring (bicyclic) bond motifs is 2. The second kappa shape index (κ2) is 9.71. The van der Waals surface area contributed by atoms with Gasteiger partial charge < -0.3 is 14.4 Å². The molecule has 2 aliphatic rings. The number of aromatic nitrogens is 1. The first-order chi connectivity index (χ1) is 18.3. The Balaban J connectivity index is 1.77. The monoisotopic (exact) mass is 529 g/mol. The number of para-hydroxylation sites is 1. The molecule has 2 aromatic carbocycles. The molecule has 3 heterocycles. The molecule has 192 valence electrons. The van der Waals surface area contributed by atoms with Gasteiger partial charge >= 0.3 is 11.9 Å². The van der Waals surface area contributed by atoms with E-state index in [9.17, 15) is 19.2 Å². The summed E-state index contributed by atoms with van der Waals surface area (Å²) >= 11 is 1.10. The van der Waals surface area contributed by atoms with Gasteiger partial charge in [0.05, 0.1) is 35.7 Å². The first kappa shape index (κ1) is 25.1. The number of carbonyl (C=O) groups is 3. The summed E-state index contributed by atoms with van der Waals surface area (Å²) in [7, 11) is 1.26. The van der Waals surface area contributed by atoms with E-state index in [0.717, 1.165) is 11.3 Å². The molecule has 0 N–H and O–H groups in total. The predicted octanol–water partition coefficient (Wildman–Crippen LogP) is 2.24. The van der Waals surface area contributed by atoms with Crippen molar-refractivity contribution in [2.75, 3.05) is 18.6 Å². The lowest BCUT2D eigenvalue weighted by atomic mass is 9.96. The Hall–Kier alpha value is -4.57. The van der Waals surface area contributed by atoms with Gasteiger partial charge in [0.25, 0.3) is 11.5 Å². The van der Waals surface area contributed by atoms with Gasteiger partial charge in [-0.25, -0.2) is 9.79 Å². The minimum Gasteiger partial charge on any atom is -0.466 e. The number of rotatable bonds is 5. The van der Waals surface area contributed by atoms with E-state index in [4.69, 9.17) is 9.47 Å². The number of hydrogen-bond donors (Lipinski definition) is 0. The van der Waals surface area contributed by atoms with Crippen molar-refractivity contribution in [2.45, 2.75) is 19.9 Å². The van der Waals surface area contributed by atoms with E-state index >= 15 is 0 Å². The maximum Gasteiger partial charge on any atom is 0.338 e. The van der Waals surface area contributed by atoms with Crippen molar-refractivity contribution in [1.29, 1.82) is 0 Å². The van der Waals surface area contributed by atoms with Crippen LogP contribution in [0.5, 0.6) is 5.75 Å². The largest absolute Gasteiger partial charge is 0.466 e. The Labute approximate surface area is 221 Å². The molecule has 1 atom stereocenters. The number of anilines is 1. The summed E-state index contributed by atoms with van der Waals surface area (Å²) in [5, 5.41) is 0. The van der Waals surface area contributed by atoms with Gasteiger partial charge in [-0.3, -0.25) is 19.0 Å². The fraction of sp³-hybridized carbons (Fsp3) is 0.179. The quantitative estimate of drug-likeness (QED) is 0.285. The molecule has 0 bridgehead atoms. The Morgan fingerprint density at radius 1 is 1.13 bits per heavy atom. The maximum absolute atomic E-state index is 14.0. The van der Waals surface area contributed by atoms with E-state index in [0.29, 0.717) is 39.6 Å². The molecule has 0 saturated carbocycles. The Bertz CT molecular complexity index is 1730. The maximum atomic E-state index is 14.0. The highest BCUT2D eigenvalue weighted by atomic mass is 32.1. The molecule has 10 heteroatoms. The summed E-state index contributed by atoms with van der Waals surface area (Å²) in [6.07, 6.45) is 1.63. The molecule has 1 unspecified atom stereocenters. The zero-order chi connectivity index (χ0) is 27.1. The first-order valence-corrected chi connectivity index (χ1v) is 12.5. The van der Waals surface area contributed by atoms with Crippen LogP contribution in [0.25, 0.3) is 5.57 Å². The minimum atomic E-state index is -0.865. The van der Waals surface area contributed by atoms with Crippen molar-refractivity contribution in [3.63, 3.8) is 0 Å². The van der Waals surface area contributed by atoms with Crippen LogP contribution in [0.4, 0.5) is 5.69 Å². The van der Waals surface area contributed by atoms with Crippen LogP contribution >= 0.6 is 11.3 Å². The average Bonchev–Trinajstić information content (AvgIpc) is 3.36. The number of amides is 1. The molecule has 1 amide bonds. The van der Waals surface area contributed by atoms with Gasteiger partial charge in [-0.15, -0.1) is 6.58 Å². The Morgan fingerprint density at radius 2 is 1.84 bits per heavy atom. The standard InChI is InChI=1S/C28H23N3O6S/c1-5-14-30-20-9-7-6-8-19(20)22(25(30)33)24-26(34)31-23(17-10-12-18(13-11-17)37-16(3)32)21(27(35)36-4)15(2)29-28(31)38-24/h5-13,23H,1,14H2,2-4H3/b24-22-. The number of benzene rings is 2. The number of esters is 2. The molecule has 1 aromatic heterocycles. The minimum absolute atomic E-state index is 0.197. The lowest BCUT2D eigenvalue weighted by molar-refractivity contribution is -0.136. The van der Waals surface area contributed by atoms with Gasteiger partial charge in [0.15, 0.2) is 4.80 Å². The predicted molar refractivity (Wildman–Crippen MR) is 141 cm³/mol. The number of ether oxygens (including phenoxy) is 2. The van der Waals surface area contributed by atoms with Gasteiger partial charge in [-0.05, 0) is 30.7 Å². The summed E-state index contributed by atoms with van der Waals surface area (Å²) in [6.45, 7) is 7.01. The lowest BCUT2D eigenvalue weighted by Crippen LogP contribution is -2.40. The third-order valence-electron chi connectivity index (χ3n) is 6.32. The van der Waals surface area contributed by atoms with Crippen molar-refractivity contribution < 1.29 is 23.9 Å². The molecule has 0 saturated heterocycles. The van der Waals surface area contributed by atoms with Gasteiger partial charge in [-0.1, -0.05) is 47.7 Å². The zero-order valence-corrected chi connectivity index (χ0v) is 21.7. The number of carbonyl (C=O) groups excluding carboxylic acids is 3. The van der Waals surface area contributed by atoms with Crippen molar-refractivity contribution in [3.05, 3.63) is 103 Å². The van der Waals surface area contributed by atoms with Gasteiger partial charge in [-0.2, -0.15) is 0 Å². The van der Waals surface area contributed by atoms with E-state index in [-0.39, 0.29) is 21.6 Å². The fourth-order valence-corrected chi connectivity index (χ4v) is 5.89. The molecule has 0 radical (unpaired) electrons. The van der Waals surface area contributed by atoms with Gasteiger partial charge in [0, 0.05) is 19.0 Å². The third-order valence-corrected chi connectivity index (χ3v) is 7.38. The van der Waals surface area contributed by atoms with E-state index < -0.39 is 23.5 Å². The van der Waals surface area contributed by atoms with Crippen LogP contribution in [-0.2, 0) is 19.1 Å². The van der Waals surface area contributed by atoms with Crippen LogP contribution in [0, 0.1) is 0 Å². The van der Waals surface area contributed by atoms with Crippen molar-refractivity contribution in [2.24, 2.45) is 4.99 Å². The van der Waals surface area contributed by atoms with Crippen LogP contribution in [-0.4, -0.2) is 36.1 Å². The molecule has 3 aromatic rings. The number of nitrogens with zero attached hydrogens (tertiary/aromatic N) is 3. The number of methoxy groups -OCH3 is 1. The second-order valence-electron chi connectivity index (χ2n) is 8.65. The van der Waals surface area contributed by atoms with Crippen LogP contribution in [0.15, 0.2) is 82.2 Å². The summed E-state index contributed by atoms with van der Waals surface area (Å²) < 4.78 is 11.8. The SMILES string of the molecule is C=CCN1C(=O)/C(=c2\sc3n(c2=O)C(c2ccc(OC(C)=O)cc2)C(C(=O)OC)=C(C)N=3)c2ccccc21. The Kier molecular flexibility index (Phi) is 6.41. The highest BCUT2D eigenvalue weighted by molar-refractivity contribution is 7.07. The summed E-state index contributed by atoms with van der Waals surface area (Å²) in [5.74, 6) is -1.07. The van der Waals surface area contributed by atoms with Crippen LogP contribution in [0.3, 0.4) is 0 Å². The van der Waals surface area contributed by atoms with Crippen molar-refractivity contribution in [1.82, 2.24) is 4.57 Å². The molecule has 0 spiro atoms. The van der Waals surface area contributed by atoms with E-state index in [1.165, 1.54) is 18.6 Å². The van der Waals surface area contributed by atoms with Gasteiger partial charge in [0.1, 0.15) is 10.3 Å². The normalized spacial score (nSPS) is 17.5. The number of hydrogen-bond acceptors (Lipinski definition) is 8. The molecule has 9 nitrogen and oxygen atoms in total. The van der Waals surface area contributed by atoms with E-state index in [1.54, 1.807) is 48.2 Å². The fourth-order valence-electron chi connectivity index (χ4n) is 4.75. The average molecular weight is 530 g/mol. The topological polar surface area (TPSA) is 107 Å². The molecular weight excluding hydrogens is 506 g/mol. The smallest absolute Gasteiger partial charge is 0.338 e. The van der Waals surface area contributed by atoms with Crippen molar-refractivity contribution >= 4 is 40.4 Å². The molecular formula is C28H23N3O6S. The highest BCUT2D eigenvalue weighted by Crippen LogP contribution is 2.35. The molecule has 5 rings (SSSR count). The van der Waals surface area contributed by atoms with Crippen LogP contribution in [0.1, 0.15) is 31.0 Å². The molecule has 0 fully saturated rings. The molecule has 2 aliphatic heterocycles. The lowest BCUT2D eigenvalue weighted by Gasteiger charge is -2.24. The van der Waals surface area contributed by atoms with E-state index in [1.807, 2.05) is 18.2 Å². The van der Waals surface area contributed by atoms with Gasteiger partial charge in [0.2, 0.25) is 0 Å². The van der Waals surface area contributed by atoms with E-state index in [2.05, 4.69) is 11.6 Å². The first-order valence-electron chi connectivity index (χ1n) is 11.7. The second-order valence-corrected chi connectivity index (χ2v) is 9.63. The molecule has 0 aliphatic carbocycles.